The van der Waals surface area contributed by atoms with E-state index in [4.69, 9.17) is 4.74 Å². The molecule has 0 radical (unpaired) electrons. The van der Waals surface area contributed by atoms with Crippen LogP contribution in [0.15, 0.2) is 36.7 Å². The molecule has 4 nitrogen and oxygen atoms in total. The first-order chi connectivity index (χ1) is 9.72. The molecule has 20 heavy (non-hydrogen) atoms. The number of imidazole rings is 1. The maximum absolute atomic E-state index is 13.3. The van der Waals surface area contributed by atoms with E-state index in [0.717, 1.165) is 24.5 Å². The van der Waals surface area contributed by atoms with Crippen molar-refractivity contribution in [3.05, 3.63) is 48.0 Å². The molecule has 0 aliphatic heterocycles. The van der Waals surface area contributed by atoms with Gasteiger partial charge in [-0.15, -0.1) is 0 Å². The molecular formula is C15H20FN3O. The zero-order valence-corrected chi connectivity index (χ0v) is 11.8. The molecule has 0 fully saturated rings. The van der Waals surface area contributed by atoms with Gasteiger partial charge in [0.25, 0.3) is 0 Å². The molecule has 0 saturated carbocycles. The van der Waals surface area contributed by atoms with Gasteiger partial charge in [0.05, 0.1) is 6.04 Å². The summed E-state index contributed by atoms with van der Waals surface area (Å²) < 4.78 is 20.3. The molecule has 5 heteroatoms. The first-order valence-electron chi connectivity index (χ1n) is 6.73. The summed E-state index contributed by atoms with van der Waals surface area (Å²) in [7, 11) is 1.69. The first kappa shape index (κ1) is 14.5. The van der Waals surface area contributed by atoms with Gasteiger partial charge in [0.15, 0.2) is 0 Å². The molecule has 1 atom stereocenters. The second-order valence-corrected chi connectivity index (χ2v) is 4.66. The second-order valence-electron chi connectivity index (χ2n) is 4.66. The van der Waals surface area contributed by atoms with Gasteiger partial charge in [-0.05, 0) is 31.0 Å². The molecule has 2 rings (SSSR count). The van der Waals surface area contributed by atoms with E-state index in [1.54, 1.807) is 25.4 Å². The zero-order chi connectivity index (χ0) is 14.4. The number of nitrogens with one attached hydrogen (secondary N) is 1. The molecule has 0 aliphatic rings. The quantitative estimate of drug-likeness (QED) is 0.790. The van der Waals surface area contributed by atoms with Crippen molar-refractivity contribution in [2.75, 3.05) is 25.6 Å². The summed E-state index contributed by atoms with van der Waals surface area (Å²) in [4.78, 5) is 4.30. The zero-order valence-electron chi connectivity index (χ0n) is 11.8. The lowest BCUT2D eigenvalue weighted by Gasteiger charge is -2.17. The van der Waals surface area contributed by atoms with Crippen molar-refractivity contribution in [1.29, 1.82) is 0 Å². The van der Waals surface area contributed by atoms with Crippen LogP contribution in [0, 0.1) is 5.82 Å². The van der Waals surface area contributed by atoms with E-state index < -0.39 is 0 Å². The molecule has 0 saturated heterocycles. The SMILES string of the molecule is COCCCNc1nccn1C(C)c1cccc(F)c1. The van der Waals surface area contributed by atoms with Gasteiger partial charge in [-0.25, -0.2) is 9.37 Å². The fraction of sp³-hybridized carbons (Fsp3) is 0.400. The molecule has 1 N–H and O–H groups in total. The van der Waals surface area contributed by atoms with Crippen LogP contribution >= 0.6 is 0 Å². The molecule has 1 heterocycles. The van der Waals surface area contributed by atoms with Crippen molar-refractivity contribution in [2.24, 2.45) is 0 Å². The number of anilines is 1. The Morgan fingerprint density at radius 2 is 2.30 bits per heavy atom. The van der Waals surface area contributed by atoms with Crippen LogP contribution in [-0.2, 0) is 4.74 Å². The van der Waals surface area contributed by atoms with Gasteiger partial charge in [0.2, 0.25) is 5.95 Å². The lowest BCUT2D eigenvalue weighted by Crippen LogP contribution is -2.13. The highest BCUT2D eigenvalue weighted by molar-refractivity contribution is 5.30. The van der Waals surface area contributed by atoms with Crippen molar-refractivity contribution in [2.45, 2.75) is 19.4 Å². The average molecular weight is 277 g/mol. The fourth-order valence-electron chi connectivity index (χ4n) is 2.11. The number of rotatable bonds is 7. The monoisotopic (exact) mass is 277 g/mol. The van der Waals surface area contributed by atoms with Crippen molar-refractivity contribution in [3.63, 3.8) is 0 Å². The number of benzene rings is 1. The highest BCUT2D eigenvalue weighted by atomic mass is 19.1. The minimum Gasteiger partial charge on any atom is -0.385 e. The van der Waals surface area contributed by atoms with Crippen LogP contribution in [0.3, 0.4) is 0 Å². The van der Waals surface area contributed by atoms with E-state index in [0.29, 0.717) is 6.61 Å². The van der Waals surface area contributed by atoms with Crippen LogP contribution in [0.5, 0.6) is 0 Å². The Labute approximate surface area is 118 Å². The van der Waals surface area contributed by atoms with E-state index in [-0.39, 0.29) is 11.9 Å². The Morgan fingerprint density at radius 3 is 3.05 bits per heavy atom. The average Bonchev–Trinajstić information content (AvgIpc) is 2.91. The van der Waals surface area contributed by atoms with Gasteiger partial charge in [-0.1, -0.05) is 12.1 Å². The number of ether oxygens (including phenoxy) is 1. The van der Waals surface area contributed by atoms with Crippen LogP contribution in [0.4, 0.5) is 10.3 Å². The predicted octanol–water partition coefficient (Wildman–Crippen LogP) is 3.08. The van der Waals surface area contributed by atoms with Crippen LogP contribution in [-0.4, -0.2) is 29.8 Å². The molecule has 0 spiro atoms. The topological polar surface area (TPSA) is 39.1 Å². The lowest BCUT2D eigenvalue weighted by atomic mass is 10.1. The minimum atomic E-state index is -0.218. The smallest absolute Gasteiger partial charge is 0.203 e. The molecule has 108 valence electrons. The summed E-state index contributed by atoms with van der Waals surface area (Å²) in [6, 6.07) is 6.68. The minimum absolute atomic E-state index is 0.0260. The van der Waals surface area contributed by atoms with E-state index >= 15 is 0 Å². The van der Waals surface area contributed by atoms with E-state index in [2.05, 4.69) is 10.3 Å². The number of aromatic nitrogens is 2. The van der Waals surface area contributed by atoms with Crippen molar-refractivity contribution >= 4 is 5.95 Å². The summed E-state index contributed by atoms with van der Waals surface area (Å²) in [5, 5.41) is 3.27. The summed E-state index contributed by atoms with van der Waals surface area (Å²) in [6.45, 7) is 3.53. The Kier molecular flexibility index (Phi) is 5.12. The summed E-state index contributed by atoms with van der Waals surface area (Å²) in [5.41, 5.74) is 0.919. The third-order valence-electron chi connectivity index (χ3n) is 3.23. The summed E-state index contributed by atoms with van der Waals surface area (Å²) in [6.07, 6.45) is 4.56. The molecule has 1 aromatic heterocycles. The summed E-state index contributed by atoms with van der Waals surface area (Å²) in [5.74, 6) is 0.571. The van der Waals surface area contributed by atoms with Gasteiger partial charge in [-0.3, -0.25) is 0 Å². The van der Waals surface area contributed by atoms with Gasteiger partial charge in [-0.2, -0.15) is 0 Å². The molecule has 0 amide bonds. The fourth-order valence-corrected chi connectivity index (χ4v) is 2.11. The molecule has 0 aliphatic carbocycles. The van der Waals surface area contributed by atoms with Crippen LogP contribution in [0.2, 0.25) is 0 Å². The number of hydrogen-bond acceptors (Lipinski definition) is 3. The normalized spacial score (nSPS) is 12.3. The predicted molar refractivity (Wildman–Crippen MR) is 77.4 cm³/mol. The molecule has 1 unspecified atom stereocenters. The van der Waals surface area contributed by atoms with Crippen molar-refractivity contribution in [1.82, 2.24) is 9.55 Å². The van der Waals surface area contributed by atoms with E-state index in [9.17, 15) is 4.39 Å². The van der Waals surface area contributed by atoms with Crippen LogP contribution in [0.25, 0.3) is 0 Å². The second kappa shape index (κ2) is 7.05. The van der Waals surface area contributed by atoms with Crippen molar-refractivity contribution < 1.29 is 9.13 Å². The largest absolute Gasteiger partial charge is 0.385 e. The number of hydrogen-bond donors (Lipinski definition) is 1. The Morgan fingerprint density at radius 1 is 1.45 bits per heavy atom. The number of halogens is 1. The highest BCUT2D eigenvalue weighted by Crippen LogP contribution is 2.22. The number of nitrogens with zero attached hydrogens (tertiary/aromatic N) is 2. The Hall–Kier alpha value is -1.88. The van der Waals surface area contributed by atoms with E-state index in [1.165, 1.54) is 6.07 Å². The van der Waals surface area contributed by atoms with Crippen LogP contribution in [0.1, 0.15) is 24.9 Å². The lowest BCUT2D eigenvalue weighted by molar-refractivity contribution is 0.197. The molecular weight excluding hydrogens is 257 g/mol. The van der Waals surface area contributed by atoms with E-state index in [1.807, 2.05) is 23.8 Å². The molecule has 2 aromatic rings. The first-order valence-corrected chi connectivity index (χ1v) is 6.73. The standard InChI is InChI=1S/C15H20FN3O/c1-12(13-5-3-6-14(16)11-13)19-9-8-18-15(19)17-7-4-10-20-2/h3,5-6,8-9,11-12H,4,7,10H2,1-2H3,(H,17,18). The third kappa shape index (κ3) is 3.57. The van der Waals surface area contributed by atoms with Gasteiger partial charge in [0, 0.05) is 32.7 Å². The maximum atomic E-state index is 13.3. The van der Waals surface area contributed by atoms with Gasteiger partial charge >= 0.3 is 0 Å². The highest BCUT2D eigenvalue weighted by Gasteiger charge is 2.12. The van der Waals surface area contributed by atoms with Crippen LogP contribution < -0.4 is 5.32 Å². The molecule has 1 aromatic carbocycles. The molecule has 0 bridgehead atoms. The van der Waals surface area contributed by atoms with Crippen molar-refractivity contribution in [3.8, 4) is 0 Å². The van der Waals surface area contributed by atoms with Gasteiger partial charge < -0.3 is 14.6 Å². The third-order valence-corrected chi connectivity index (χ3v) is 3.23. The Bertz CT molecular complexity index is 541. The maximum Gasteiger partial charge on any atom is 0.203 e. The number of methoxy groups -OCH3 is 1. The Balaban J connectivity index is 2.07. The van der Waals surface area contributed by atoms with Gasteiger partial charge in [0.1, 0.15) is 5.82 Å². The summed E-state index contributed by atoms with van der Waals surface area (Å²) >= 11 is 0.